The highest BCUT2D eigenvalue weighted by atomic mass is 32.2. The Bertz CT molecular complexity index is 910. The molecule has 0 bridgehead atoms. The van der Waals surface area contributed by atoms with Crippen molar-refractivity contribution in [3.05, 3.63) is 35.2 Å². The summed E-state index contributed by atoms with van der Waals surface area (Å²) in [6.07, 6.45) is -0.445. The third-order valence-corrected chi connectivity index (χ3v) is 4.97. The van der Waals surface area contributed by atoms with Crippen LogP contribution in [0.15, 0.2) is 23.1 Å². The molecule has 1 aromatic heterocycles. The Morgan fingerprint density at radius 1 is 1.40 bits per heavy atom. The van der Waals surface area contributed by atoms with Gasteiger partial charge in [0.25, 0.3) is 5.91 Å². The molecule has 1 atom stereocenters. The molecule has 10 nitrogen and oxygen atoms in total. The van der Waals surface area contributed by atoms with Crippen LogP contribution in [0.1, 0.15) is 27.8 Å². The Hall–Kier alpha value is -2.37. The maximum absolute atomic E-state index is 12.9. The van der Waals surface area contributed by atoms with Gasteiger partial charge in [-0.1, -0.05) is 6.07 Å². The lowest BCUT2D eigenvalue weighted by Gasteiger charge is -2.32. The van der Waals surface area contributed by atoms with Crippen LogP contribution >= 0.6 is 0 Å². The number of sulfonamides is 1. The van der Waals surface area contributed by atoms with Crippen molar-refractivity contribution in [2.75, 3.05) is 19.7 Å². The van der Waals surface area contributed by atoms with Gasteiger partial charge in [0.1, 0.15) is 6.10 Å². The number of primary sulfonamides is 1. The fraction of sp³-hybridized carbons (Fsp3) is 0.429. The van der Waals surface area contributed by atoms with Crippen LogP contribution in [-0.4, -0.2) is 59.1 Å². The maximum Gasteiger partial charge on any atom is 0.254 e. The van der Waals surface area contributed by atoms with Crippen molar-refractivity contribution in [1.82, 2.24) is 25.1 Å². The largest absolute Gasteiger partial charge is 0.366 e. The Balaban J connectivity index is 1.87. The molecule has 1 aromatic carbocycles. The average Bonchev–Trinajstić information content (AvgIpc) is 3.00. The van der Waals surface area contributed by atoms with Crippen molar-refractivity contribution in [2.45, 2.75) is 17.9 Å². The highest BCUT2D eigenvalue weighted by Crippen LogP contribution is 2.23. The van der Waals surface area contributed by atoms with E-state index in [-0.39, 0.29) is 17.3 Å². The number of benzene rings is 1. The summed E-state index contributed by atoms with van der Waals surface area (Å²) in [5.74, 6) is 0.235. The van der Waals surface area contributed by atoms with Gasteiger partial charge in [-0.15, -0.1) is 5.10 Å². The molecule has 2 heterocycles. The standard InChI is InChI=1S/C14H18N6O4S/c1-9-3-4-10(25(15,22)23)7-11(9)14(21)20-5-6-24-12(8-20)13-16-17-18-19(13)2/h3-4,7,12H,5-6,8H2,1-2H3,(H2,15,22,23). The molecule has 0 spiro atoms. The van der Waals surface area contributed by atoms with Gasteiger partial charge in [0.15, 0.2) is 5.82 Å². The van der Waals surface area contributed by atoms with E-state index in [0.717, 1.165) is 0 Å². The predicted molar refractivity (Wildman–Crippen MR) is 85.9 cm³/mol. The van der Waals surface area contributed by atoms with E-state index in [1.54, 1.807) is 24.9 Å². The highest BCUT2D eigenvalue weighted by molar-refractivity contribution is 7.89. The van der Waals surface area contributed by atoms with Gasteiger partial charge in [-0.3, -0.25) is 4.79 Å². The van der Waals surface area contributed by atoms with Gasteiger partial charge in [-0.05, 0) is 35.0 Å². The molecule has 2 aromatic rings. The van der Waals surface area contributed by atoms with E-state index in [1.165, 1.54) is 16.8 Å². The first-order chi connectivity index (χ1) is 11.8. The van der Waals surface area contributed by atoms with Crippen molar-refractivity contribution >= 4 is 15.9 Å². The molecule has 2 N–H and O–H groups in total. The summed E-state index contributed by atoms with van der Waals surface area (Å²) >= 11 is 0. The fourth-order valence-corrected chi connectivity index (χ4v) is 3.22. The van der Waals surface area contributed by atoms with Crippen molar-refractivity contribution in [2.24, 2.45) is 12.2 Å². The second-order valence-corrected chi connectivity index (χ2v) is 7.35. The number of hydrogen-bond donors (Lipinski definition) is 1. The van der Waals surface area contributed by atoms with Crippen LogP contribution in [0.4, 0.5) is 0 Å². The Morgan fingerprint density at radius 2 is 2.16 bits per heavy atom. The first kappa shape index (κ1) is 17.5. The minimum Gasteiger partial charge on any atom is -0.366 e. The lowest BCUT2D eigenvalue weighted by atomic mass is 10.1. The van der Waals surface area contributed by atoms with Crippen LogP contribution in [0.3, 0.4) is 0 Å². The first-order valence-corrected chi connectivity index (χ1v) is 9.08. The molecule has 0 aliphatic carbocycles. The van der Waals surface area contributed by atoms with Gasteiger partial charge in [0.05, 0.1) is 18.0 Å². The third kappa shape index (κ3) is 3.52. The minimum absolute atomic E-state index is 0.0937. The van der Waals surface area contributed by atoms with Gasteiger partial charge in [-0.2, -0.15) is 0 Å². The van der Waals surface area contributed by atoms with Crippen LogP contribution in [0, 0.1) is 6.92 Å². The van der Waals surface area contributed by atoms with E-state index < -0.39 is 16.1 Å². The van der Waals surface area contributed by atoms with Crippen LogP contribution in [0.5, 0.6) is 0 Å². The highest BCUT2D eigenvalue weighted by Gasteiger charge is 2.30. The lowest BCUT2D eigenvalue weighted by molar-refractivity contribution is -0.0284. The number of nitrogens with two attached hydrogens (primary N) is 1. The van der Waals surface area contributed by atoms with Crippen LogP contribution in [0.2, 0.25) is 0 Å². The number of amides is 1. The third-order valence-electron chi connectivity index (χ3n) is 4.06. The van der Waals surface area contributed by atoms with E-state index in [0.29, 0.717) is 30.1 Å². The maximum atomic E-state index is 12.9. The Labute approximate surface area is 144 Å². The number of carbonyl (C=O) groups excluding carboxylic acids is 1. The van der Waals surface area contributed by atoms with Gasteiger partial charge >= 0.3 is 0 Å². The Morgan fingerprint density at radius 3 is 2.80 bits per heavy atom. The van der Waals surface area contributed by atoms with Crippen molar-refractivity contribution in [1.29, 1.82) is 0 Å². The summed E-state index contributed by atoms with van der Waals surface area (Å²) in [5, 5.41) is 16.4. The van der Waals surface area contributed by atoms with E-state index in [2.05, 4.69) is 15.5 Å². The molecule has 11 heteroatoms. The van der Waals surface area contributed by atoms with Crippen molar-refractivity contribution < 1.29 is 17.9 Å². The zero-order chi connectivity index (χ0) is 18.2. The van der Waals surface area contributed by atoms with Crippen LogP contribution < -0.4 is 5.14 Å². The number of morpholine rings is 1. The number of tetrazole rings is 1. The summed E-state index contributed by atoms with van der Waals surface area (Å²) in [5.41, 5.74) is 0.962. The average molecular weight is 366 g/mol. The fourth-order valence-electron chi connectivity index (χ4n) is 2.68. The van der Waals surface area contributed by atoms with Gasteiger partial charge in [0, 0.05) is 19.2 Å². The SMILES string of the molecule is Cc1ccc(S(N)(=O)=O)cc1C(=O)N1CCOC(c2nnnn2C)C1. The molecule has 1 aliphatic rings. The number of aryl methyl sites for hydroxylation is 2. The second-order valence-electron chi connectivity index (χ2n) is 5.79. The molecule has 1 amide bonds. The number of rotatable bonds is 3. The number of aromatic nitrogens is 4. The van der Waals surface area contributed by atoms with E-state index in [4.69, 9.17) is 9.88 Å². The summed E-state index contributed by atoms with van der Waals surface area (Å²) in [6.45, 7) is 2.73. The van der Waals surface area contributed by atoms with E-state index in [9.17, 15) is 13.2 Å². The molecule has 1 fully saturated rings. The smallest absolute Gasteiger partial charge is 0.254 e. The minimum atomic E-state index is -3.88. The molecule has 1 saturated heterocycles. The molecular formula is C14H18N6O4S. The van der Waals surface area contributed by atoms with Crippen molar-refractivity contribution in [3.8, 4) is 0 Å². The molecule has 1 unspecified atom stereocenters. The monoisotopic (exact) mass is 366 g/mol. The molecule has 0 saturated carbocycles. The van der Waals surface area contributed by atoms with Crippen LogP contribution in [0.25, 0.3) is 0 Å². The van der Waals surface area contributed by atoms with Crippen LogP contribution in [-0.2, 0) is 21.8 Å². The predicted octanol–water partition coefficient (Wildman–Crippen LogP) is -0.620. The normalized spacial score (nSPS) is 18.4. The first-order valence-electron chi connectivity index (χ1n) is 7.54. The van der Waals surface area contributed by atoms with E-state index >= 15 is 0 Å². The Kier molecular flexibility index (Phi) is 4.54. The molecule has 1 aliphatic heterocycles. The van der Waals surface area contributed by atoms with E-state index in [1.807, 2.05) is 0 Å². The second kappa shape index (κ2) is 6.50. The molecule has 3 rings (SSSR count). The van der Waals surface area contributed by atoms with Gasteiger partial charge in [0.2, 0.25) is 10.0 Å². The summed E-state index contributed by atoms with van der Waals surface area (Å²) in [7, 11) is -2.19. The summed E-state index contributed by atoms with van der Waals surface area (Å²) in [4.78, 5) is 14.4. The number of nitrogens with zero attached hydrogens (tertiary/aromatic N) is 5. The molecule has 134 valence electrons. The zero-order valence-corrected chi connectivity index (χ0v) is 14.6. The number of carbonyl (C=O) groups is 1. The number of hydrogen-bond acceptors (Lipinski definition) is 7. The van der Waals surface area contributed by atoms with Gasteiger partial charge in [-0.25, -0.2) is 18.2 Å². The van der Waals surface area contributed by atoms with Gasteiger partial charge < -0.3 is 9.64 Å². The molecule has 25 heavy (non-hydrogen) atoms. The summed E-state index contributed by atoms with van der Waals surface area (Å²) in [6, 6.07) is 4.26. The zero-order valence-electron chi connectivity index (χ0n) is 13.8. The van der Waals surface area contributed by atoms with Crippen molar-refractivity contribution in [3.63, 3.8) is 0 Å². The molecule has 0 radical (unpaired) electrons. The number of ether oxygens (including phenoxy) is 1. The topological polar surface area (TPSA) is 133 Å². The summed E-state index contributed by atoms with van der Waals surface area (Å²) < 4.78 is 30.2. The lowest BCUT2D eigenvalue weighted by Crippen LogP contribution is -2.43. The molecular weight excluding hydrogens is 348 g/mol. The quantitative estimate of drug-likeness (QED) is 0.765.